The van der Waals surface area contributed by atoms with Gasteiger partial charge in [-0.1, -0.05) is 12.1 Å². The number of benzene rings is 2. The van der Waals surface area contributed by atoms with Crippen LogP contribution in [-0.2, 0) is 13.0 Å². The minimum atomic E-state index is 0.880. The Bertz CT molecular complexity index is 851. The second kappa shape index (κ2) is 6.36. The average Bonchev–Trinajstić information content (AvgIpc) is 3.23. The van der Waals surface area contributed by atoms with Crippen molar-refractivity contribution in [3.8, 4) is 28.3 Å². The van der Waals surface area contributed by atoms with E-state index in [1.165, 1.54) is 34.0 Å². The fourth-order valence-electron chi connectivity index (χ4n) is 3.32. The van der Waals surface area contributed by atoms with Gasteiger partial charge < -0.3 is 9.30 Å². The zero-order valence-corrected chi connectivity index (χ0v) is 14.8. The molecule has 2 aromatic carbocycles. The quantitative estimate of drug-likeness (QED) is 0.635. The number of rotatable bonds is 4. The van der Waals surface area contributed by atoms with Gasteiger partial charge in [0, 0.05) is 29.0 Å². The monoisotopic (exact) mass is 336 g/mol. The summed E-state index contributed by atoms with van der Waals surface area (Å²) in [5.41, 5.74) is 4.69. The van der Waals surface area contributed by atoms with E-state index >= 15 is 0 Å². The van der Waals surface area contributed by atoms with Crippen molar-refractivity contribution in [1.29, 1.82) is 0 Å². The summed E-state index contributed by atoms with van der Waals surface area (Å²) in [6.07, 6.45) is 4.34. The maximum atomic E-state index is 5.29. The number of nitrogens with zero attached hydrogens (tertiary/aromatic N) is 2. The molecule has 0 spiro atoms. The fraction of sp³-hybridized carbons (Fsp3) is 0.250. The van der Waals surface area contributed by atoms with Gasteiger partial charge in [-0.05, 0) is 49.1 Å². The minimum absolute atomic E-state index is 0.880. The molecule has 0 saturated heterocycles. The standard InChI is InChI=1S/C20H20N2OS/c1-23-16-9-5-15(6-10-16)20-19(21-18-4-3-13-22(18)20)14-7-11-17(24-2)12-8-14/h5-12H,3-4,13H2,1-2H3. The third-order valence-corrected chi connectivity index (χ3v) is 5.30. The van der Waals surface area contributed by atoms with E-state index < -0.39 is 0 Å². The lowest BCUT2D eigenvalue weighted by atomic mass is 10.0. The normalized spacial score (nSPS) is 13.1. The Balaban J connectivity index is 1.84. The van der Waals surface area contributed by atoms with E-state index in [0.717, 1.165) is 24.4 Å². The summed E-state index contributed by atoms with van der Waals surface area (Å²) in [7, 11) is 1.70. The van der Waals surface area contributed by atoms with E-state index in [4.69, 9.17) is 9.72 Å². The topological polar surface area (TPSA) is 27.1 Å². The van der Waals surface area contributed by atoms with Crippen molar-refractivity contribution in [3.05, 3.63) is 54.4 Å². The van der Waals surface area contributed by atoms with Crippen LogP contribution in [0.2, 0.25) is 0 Å². The van der Waals surface area contributed by atoms with Crippen molar-refractivity contribution in [1.82, 2.24) is 9.55 Å². The number of methoxy groups -OCH3 is 1. The molecule has 0 bridgehead atoms. The lowest BCUT2D eigenvalue weighted by Crippen LogP contribution is -1.96. The average molecular weight is 336 g/mol. The van der Waals surface area contributed by atoms with Gasteiger partial charge in [0.2, 0.25) is 0 Å². The van der Waals surface area contributed by atoms with E-state index in [2.05, 4.69) is 47.2 Å². The molecule has 0 N–H and O–H groups in total. The summed E-state index contributed by atoms with van der Waals surface area (Å²) in [4.78, 5) is 6.23. The van der Waals surface area contributed by atoms with Gasteiger partial charge in [0.15, 0.2) is 0 Å². The molecule has 1 aliphatic rings. The first-order valence-corrected chi connectivity index (χ1v) is 9.41. The summed E-state index contributed by atoms with van der Waals surface area (Å²) in [5, 5.41) is 0. The van der Waals surface area contributed by atoms with Crippen molar-refractivity contribution in [2.75, 3.05) is 13.4 Å². The molecule has 0 unspecified atom stereocenters. The number of aromatic nitrogens is 2. The predicted octanol–water partition coefficient (Wildman–Crippen LogP) is 4.89. The maximum Gasteiger partial charge on any atom is 0.118 e. The zero-order chi connectivity index (χ0) is 16.5. The van der Waals surface area contributed by atoms with Gasteiger partial charge in [-0.15, -0.1) is 11.8 Å². The first kappa shape index (κ1) is 15.3. The van der Waals surface area contributed by atoms with Crippen LogP contribution in [0.15, 0.2) is 53.4 Å². The highest BCUT2D eigenvalue weighted by Gasteiger charge is 2.23. The number of imidazole rings is 1. The molecular weight excluding hydrogens is 316 g/mol. The van der Waals surface area contributed by atoms with E-state index in [1.807, 2.05) is 12.1 Å². The minimum Gasteiger partial charge on any atom is -0.497 e. The molecule has 1 aliphatic heterocycles. The fourth-order valence-corrected chi connectivity index (χ4v) is 3.73. The number of ether oxygens (including phenoxy) is 1. The van der Waals surface area contributed by atoms with Crippen LogP contribution >= 0.6 is 11.8 Å². The Labute approximate surface area is 146 Å². The molecule has 4 heteroatoms. The second-order valence-corrected chi connectivity index (χ2v) is 6.82. The Morgan fingerprint density at radius 3 is 2.38 bits per heavy atom. The second-order valence-electron chi connectivity index (χ2n) is 5.94. The van der Waals surface area contributed by atoms with Crippen LogP contribution in [0.1, 0.15) is 12.2 Å². The zero-order valence-electron chi connectivity index (χ0n) is 14.0. The van der Waals surface area contributed by atoms with Crippen molar-refractivity contribution in [3.63, 3.8) is 0 Å². The third kappa shape index (κ3) is 2.61. The van der Waals surface area contributed by atoms with Crippen LogP contribution in [0.3, 0.4) is 0 Å². The van der Waals surface area contributed by atoms with Crippen LogP contribution in [0.4, 0.5) is 0 Å². The third-order valence-electron chi connectivity index (χ3n) is 4.56. The molecule has 4 rings (SSSR count). The van der Waals surface area contributed by atoms with E-state index in [0.29, 0.717) is 0 Å². The summed E-state index contributed by atoms with van der Waals surface area (Å²) in [6.45, 7) is 1.05. The molecule has 1 aromatic heterocycles. The van der Waals surface area contributed by atoms with Gasteiger partial charge in [0.1, 0.15) is 11.6 Å². The first-order valence-electron chi connectivity index (χ1n) is 8.18. The Hall–Kier alpha value is -2.20. The summed E-state index contributed by atoms with van der Waals surface area (Å²) < 4.78 is 7.67. The molecule has 24 heavy (non-hydrogen) atoms. The molecule has 2 heterocycles. The lowest BCUT2D eigenvalue weighted by molar-refractivity contribution is 0.415. The Morgan fingerprint density at radius 1 is 1.00 bits per heavy atom. The van der Waals surface area contributed by atoms with E-state index in [1.54, 1.807) is 18.9 Å². The van der Waals surface area contributed by atoms with Crippen LogP contribution in [0, 0.1) is 0 Å². The highest BCUT2D eigenvalue weighted by Crippen LogP contribution is 2.36. The predicted molar refractivity (Wildman–Crippen MR) is 99.8 cm³/mol. The molecule has 0 saturated carbocycles. The van der Waals surface area contributed by atoms with E-state index in [9.17, 15) is 0 Å². The maximum absolute atomic E-state index is 5.29. The van der Waals surface area contributed by atoms with E-state index in [-0.39, 0.29) is 0 Å². The SMILES string of the molecule is COc1ccc(-c2c(-c3ccc(SC)cc3)nc3n2CCC3)cc1. The lowest BCUT2D eigenvalue weighted by Gasteiger charge is -2.10. The van der Waals surface area contributed by atoms with Crippen molar-refractivity contribution in [2.24, 2.45) is 0 Å². The van der Waals surface area contributed by atoms with Crippen LogP contribution in [0.5, 0.6) is 5.75 Å². The first-order chi connectivity index (χ1) is 11.8. The van der Waals surface area contributed by atoms with Gasteiger partial charge >= 0.3 is 0 Å². The molecule has 0 atom stereocenters. The van der Waals surface area contributed by atoms with Crippen molar-refractivity contribution in [2.45, 2.75) is 24.3 Å². The largest absolute Gasteiger partial charge is 0.497 e. The van der Waals surface area contributed by atoms with Crippen LogP contribution < -0.4 is 4.74 Å². The molecule has 122 valence electrons. The molecular formula is C20H20N2OS. The van der Waals surface area contributed by atoms with Gasteiger partial charge in [0.25, 0.3) is 0 Å². The van der Waals surface area contributed by atoms with Gasteiger partial charge in [0.05, 0.1) is 18.5 Å². The van der Waals surface area contributed by atoms with Crippen LogP contribution in [0.25, 0.3) is 22.5 Å². The Morgan fingerprint density at radius 2 is 1.71 bits per heavy atom. The number of aryl methyl sites for hydroxylation is 1. The molecule has 0 amide bonds. The number of hydrogen-bond acceptors (Lipinski definition) is 3. The highest BCUT2D eigenvalue weighted by atomic mass is 32.2. The van der Waals surface area contributed by atoms with Crippen molar-refractivity contribution < 1.29 is 4.74 Å². The summed E-state index contributed by atoms with van der Waals surface area (Å²) >= 11 is 1.76. The molecule has 3 nitrogen and oxygen atoms in total. The van der Waals surface area contributed by atoms with Crippen LogP contribution in [-0.4, -0.2) is 22.9 Å². The highest BCUT2D eigenvalue weighted by molar-refractivity contribution is 7.98. The van der Waals surface area contributed by atoms with Crippen molar-refractivity contribution >= 4 is 11.8 Å². The van der Waals surface area contributed by atoms with Gasteiger partial charge in [-0.3, -0.25) is 0 Å². The Kier molecular flexibility index (Phi) is 4.07. The summed E-state index contributed by atoms with van der Waals surface area (Å²) in [5.74, 6) is 2.08. The smallest absolute Gasteiger partial charge is 0.118 e. The molecule has 0 radical (unpaired) electrons. The number of fused-ring (bicyclic) bond motifs is 1. The molecule has 0 fully saturated rings. The van der Waals surface area contributed by atoms with Gasteiger partial charge in [-0.2, -0.15) is 0 Å². The summed E-state index contributed by atoms with van der Waals surface area (Å²) in [6, 6.07) is 17.0. The molecule has 0 aliphatic carbocycles. The number of hydrogen-bond donors (Lipinski definition) is 0. The molecule has 3 aromatic rings. The van der Waals surface area contributed by atoms with Gasteiger partial charge in [-0.25, -0.2) is 4.98 Å². The number of thioether (sulfide) groups is 1.